The molecule has 0 bridgehead atoms. The second kappa shape index (κ2) is 9.12. The van der Waals surface area contributed by atoms with E-state index in [2.05, 4.69) is 26.5 Å². The molecule has 3 aromatic rings. The van der Waals surface area contributed by atoms with E-state index in [1.54, 1.807) is 10.7 Å². The van der Waals surface area contributed by atoms with Gasteiger partial charge in [-0.1, -0.05) is 0 Å². The molecule has 11 heteroatoms. The maximum absolute atomic E-state index is 13.4. The Balaban J connectivity index is 1.58. The Morgan fingerprint density at radius 3 is 2.68 bits per heavy atom. The summed E-state index contributed by atoms with van der Waals surface area (Å²) in [5, 5.41) is 16.9. The zero-order valence-electron chi connectivity index (χ0n) is 18.4. The van der Waals surface area contributed by atoms with Crippen LogP contribution in [0.2, 0.25) is 0 Å². The van der Waals surface area contributed by atoms with E-state index in [0.29, 0.717) is 49.2 Å². The topological polar surface area (TPSA) is 140 Å². The highest BCUT2D eigenvalue weighted by Crippen LogP contribution is 2.38. The first-order valence-electron chi connectivity index (χ1n) is 11.3. The highest BCUT2D eigenvalue weighted by molar-refractivity contribution is 7.92. The Morgan fingerprint density at radius 2 is 2.00 bits per heavy atom. The molecule has 1 unspecified atom stereocenters. The molecule has 1 N–H and O–H groups in total. The van der Waals surface area contributed by atoms with Crippen molar-refractivity contribution in [2.24, 2.45) is 5.92 Å². The number of anilines is 1. The second-order valence-corrected chi connectivity index (χ2v) is 10.9. The van der Waals surface area contributed by atoms with Crippen LogP contribution in [0, 0.1) is 17.2 Å². The van der Waals surface area contributed by atoms with E-state index in [1.807, 2.05) is 0 Å². The summed E-state index contributed by atoms with van der Waals surface area (Å²) >= 11 is 0. The lowest BCUT2D eigenvalue weighted by Gasteiger charge is -2.26. The van der Waals surface area contributed by atoms with Gasteiger partial charge in [-0.15, -0.1) is 0 Å². The number of amides is 1. The van der Waals surface area contributed by atoms with Gasteiger partial charge in [0.05, 0.1) is 39.7 Å². The molecular weight excluding hydrogens is 456 g/mol. The highest BCUT2D eigenvalue weighted by Gasteiger charge is 2.39. The van der Waals surface area contributed by atoms with Gasteiger partial charge in [0.25, 0.3) is 0 Å². The summed E-state index contributed by atoms with van der Waals surface area (Å²) in [4.78, 5) is 21.7. The maximum Gasteiger partial charge on any atom is 0.250 e. The van der Waals surface area contributed by atoms with Crippen LogP contribution in [0.1, 0.15) is 43.7 Å². The van der Waals surface area contributed by atoms with Crippen molar-refractivity contribution in [1.82, 2.24) is 19.7 Å². The van der Waals surface area contributed by atoms with Gasteiger partial charge in [-0.25, -0.2) is 13.4 Å². The quantitative estimate of drug-likeness (QED) is 0.544. The summed E-state index contributed by atoms with van der Waals surface area (Å²) in [5.41, 5.74) is 0.664. The third-order valence-electron chi connectivity index (χ3n) is 6.39. The van der Waals surface area contributed by atoms with Crippen LogP contribution in [-0.4, -0.2) is 52.5 Å². The molecule has 1 saturated carbocycles. The number of ether oxygens (including phenoxy) is 1. The summed E-state index contributed by atoms with van der Waals surface area (Å²) in [6, 6.07) is 4.34. The minimum atomic E-state index is -3.57. The molecule has 1 aromatic carbocycles. The van der Waals surface area contributed by atoms with Gasteiger partial charge in [0, 0.05) is 31.0 Å². The van der Waals surface area contributed by atoms with E-state index in [0.717, 1.165) is 12.8 Å². The third-order valence-corrected chi connectivity index (χ3v) is 8.69. The predicted molar refractivity (Wildman–Crippen MR) is 123 cm³/mol. The number of carbonyl (C=O) groups excluding carboxylic acids is 1. The normalized spacial score (nSPS) is 17.9. The van der Waals surface area contributed by atoms with Gasteiger partial charge in [-0.2, -0.15) is 10.4 Å². The number of hydrogen-bond donors (Lipinski definition) is 1. The first-order chi connectivity index (χ1) is 16.5. The van der Waals surface area contributed by atoms with Crippen LogP contribution in [0.3, 0.4) is 0 Å². The Morgan fingerprint density at radius 1 is 1.21 bits per heavy atom. The summed E-state index contributed by atoms with van der Waals surface area (Å²) in [6.45, 7) is 1.26. The van der Waals surface area contributed by atoms with E-state index < -0.39 is 21.1 Å². The molecule has 0 radical (unpaired) electrons. The lowest BCUT2D eigenvalue weighted by molar-refractivity contribution is -0.120. The van der Waals surface area contributed by atoms with Crippen LogP contribution < -0.4 is 5.32 Å². The second-order valence-electron chi connectivity index (χ2n) is 8.74. The van der Waals surface area contributed by atoms with Crippen LogP contribution >= 0.6 is 0 Å². The molecule has 3 heterocycles. The van der Waals surface area contributed by atoms with Gasteiger partial charge in [0.1, 0.15) is 6.04 Å². The Kier molecular flexibility index (Phi) is 6.02. The fraction of sp³-hybridized carbons (Fsp3) is 0.435. The lowest BCUT2D eigenvalue weighted by atomic mass is 9.92. The number of hydrogen-bond acceptors (Lipinski definition) is 8. The van der Waals surface area contributed by atoms with Crippen molar-refractivity contribution in [2.45, 2.75) is 48.3 Å². The van der Waals surface area contributed by atoms with Gasteiger partial charge in [0.15, 0.2) is 15.7 Å². The van der Waals surface area contributed by atoms with Crippen molar-refractivity contribution in [3.63, 3.8) is 0 Å². The van der Waals surface area contributed by atoms with Gasteiger partial charge in [0.2, 0.25) is 5.91 Å². The van der Waals surface area contributed by atoms with Gasteiger partial charge in [-0.05, 0) is 50.2 Å². The van der Waals surface area contributed by atoms with E-state index in [4.69, 9.17) is 4.74 Å². The summed E-state index contributed by atoms with van der Waals surface area (Å²) in [5.74, 6) is 0.223. The molecule has 2 aliphatic rings. The molecule has 1 saturated heterocycles. The van der Waals surface area contributed by atoms with Crippen molar-refractivity contribution in [2.75, 3.05) is 18.5 Å². The van der Waals surface area contributed by atoms with Crippen molar-refractivity contribution < 1.29 is 17.9 Å². The average molecular weight is 481 g/mol. The van der Waals surface area contributed by atoms with E-state index in [1.165, 1.54) is 30.9 Å². The van der Waals surface area contributed by atoms with Gasteiger partial charge >= 0.3 is 0 Å². The molecule has 34 heavy (non-hydrogen) atoms. The molecule has 1 aliphatic carbocycles. The zero-order valence-corrected chi connectivity index (χ0v) is 19.2. The molecule has 5 rings (SSSR count). The minimum Gasteiger partial charge on any atom is -0.381 e. The number of benzene rings is 1. The number of fused-ring (bicyclic) bond motifs is 1. The number of nitriles is 1. The predicted octanol–water partition coefficient (Wildman–Crippen LogP) is 2.63. The third kappa shape index (κ3) is 4.38. The van der Waals surface area contributed by atoms with E-state index in [9.17, 15) is 18.5 Å². The highest BCUT2D eigenvalue weighted by atomic mass is 32.2. The number of aromatic nitrogens is 4. The van der Waals surface area contributed by atoms with E-state index >= 15 is 0 Å². The smallest absolute Gasteiger partial charge is 0.250 e. The fourth-order valence-corrected chi connectivity index (χ4v) is 6.28. The lowest BCUT2D eigenvalue weighted by Crippen LogP contribution is -2.30. The van der Waals surface area contributed by atoms with Gasteiger partial charge in [-0.3, -0.25) is 14.5 Å². The number of nitrogens with one attached hydrogen (secondary N) is 1. The number of rotatable bonds is 7. The van der Waals surface area contributed by atoms with Crippen LogP contribution in [0.4, 0.5) is 5.82 Å². The monoisotopic (exact) mass is 480 g/mol. The summed E-state index contributed by atoms with van der Waals surface area (Å²) in [6.07, 6.45) is 9.30. The van der Waals surface area contributed by atoms with Crippen molar-refractivity contribution in [3.8, 4) is 6.07 Å². The Hall–Kier alpha value is -3.36. The van der Waals surface area contributed by atoms with E-state index in [-0.39, 0.29) is 22.3 Å². The Bertz CT molecular complexity index is 1360. The van der Waals surface area contributed by atoms with Crippen molar-refractivity contribution in [1.29, 1.82) is 5.26 Å². The maximum atomic E-state index is 13.4. The molecule has 176 valence electrons. The van der Waals surface area contributed by atoms with Crippen LogP contribution in [0.15, 0.2) is 41.8 Å². The molecular formula is C23H24N6O4S. The molecule has 1 aliphatic heterocycles. The number of sulfone groups is 1. The molecule has 0 spiro atoms. The fourth-order valence-electron chi connectivity index (χ4n) is 4.41. The SMILES string of the molecule is N#Cc1cc(S(=O)(=O)C2CC2)c2cnn(C(CC3CCOCC3)C(=O)Nc3cnccn3)c2c1. The average Bonchev–Trinajstić information content (AvgIpc) is 3.64. The molecule has 2 fully saturated rings. The molecule has 10 nitrogen and oxygen atoms in total. The molecule has 1 atom stereocenters. The first-order valence-corrected chi connectivity index (χ1v) is 12.8. The molecule has 2 aromatic heterocycles. The Labute approximate surface area is 196 Å². The van der Waals surface area contributed by atoms with Crippen LogP contribution in [0.5, 0.6) is 0 Å². The van der Waals surface area contributed by atoms with Crippen LogP contribution in [-0.2, 0) is 19.4 Å². The van der Waals surface area contributed by atoms with Crippen molar-refractivity contribution in [3.05, 3.63) is 42.5 Å². The number of carbonyl (C=O) groups is 1. The first kappa shape index (κ1) is 22.4. The largest absolute Gasteiger partial charge is 0.381 e. The van der Waals surface area contributed by atoms with Gasteiger partial charge < -0.3 is 10.1 Å². The number of nitrogens with zero attached hydrogens (tertiary/aromatic N) is 5. The standard InChI is InChI=1S/C23H24N6O4S/c24-12-16-10-19-18(21(11-16)34(31,32)17-1-2-17)13-27-29(19)20(9-15-3-7-33-8-4-15)23(30)28-22-14-25-5-6-26-22/h5-6,10-11,13-15,17,20H,1-4,7-9H2,(H,26,28,30). The minimum absolute atomic E-state index is 0.106. The summed E-state index contributed by atoms with van der Waals surface area (Å²) in [7, 11) is -3.57. The zero-order chi connectivity index (χ0) is 23.7. The summed E-state index contributed by atoms with van der Waals surface area (Å²) < 4.78 is 33.2. The van der Waals surface area contributed by atoms with Crippen molar-refractivity contribution >= 4 is 32.5 Å². The molecule has 1 amide bonds. The van der Waals surface area contributed by atoms with Crippen LogP contribution in [0.25, 0.3) is 10.9 Å².